The Kier molecular flexibility index (Phi) is 13.5. The SMILES string of the molecule is C[C@@H](NC(=O)N1C(=O)[C@@]2(c3cc(C#CC4=CCCCC4)ccc31)[C@H](C(=O)N1CCN(c3ncccn3)CC1)[C@H]1C(=O)O[C@H](c3ccccc3)[C@H](c3ccccc3)N1[C@@H]2c1cccc(OCCO)c1)c1ccccc1. The summed E-state index contributed by atoms with van der Waals surface area (Å²) in [6, 6.07) is 38.7. The Morgan fingerprint density at radius 3 is 2.20 bits per heavy atom. The van der Waals surface area contributed by atoms with Crippen molar-refractivity contribution in [3.05, 3.63) is 197 Å². The van der Waals surface area contributed by atoms with E-state index in [4.69, 9.17) is 9.47 Å². The van der Waals surface area contributed by atoms with Gasteiger partial charge >= 0.3 is 12.0 Å². The number of hydrogen-bond donors (Lipinski definition) is 2. The first-order chi connectivity index (χ1) is 36.3. The van der Waals surface area contributed by atoms with Gasteiger partial charge in [0.05, 0.1) is 36.3 Å². The second kappa shape index (κ2) is 20.8. The predicted molar refractivity (Wildman–Crippen MR) is 279 cm³/mol. The minimum absolute atomic E-state index is 0.00443. The Hall–Kier alpha value is -8.12. The molecule has 2 N–H and O–H groups in total. The maximum Gasteiger partial charge on any atom is 0.329 e. The number of benzene rings is 5. The zero-order valence-electron chi connectivity index (χ0n) is 41.1. The van der Waals surface area contributed by atoms with Crippen LogP contribution in [0, 0.1) is 17.8 Å². The molecule has 5 aromatic carbocycles. The fraction of sp³-hybridized carbons (Fsp3) is 0.300. The molecule has 0 unspecified atom stereocenters. The average Bonchev–Trinajstić information content (AvgIpc) is 3.98. The average molecular weight is 988 g/mol. The second-order valence-electron chi connectivity index (χ2n) is 19.5. The molecule has 0 radical (unpaired) electrons. The molecular formula is C60H57N7O7. The largest absolute Gasteiger partial charge is 0.491 e. The van der Waals surface area contributed by atoms with E-state index in [2.05, 4.69) is 33.2 Å². The zero-order valence-corrected chi connectivity index (χ0v) is 41.1. The number of hydrogen-bond acceptors (Lipinski definition) is 11. The molecule has 7 atom stereocenters. The van der Waals surface area contributed by atoms with Gasteiger partial charge in [-0.05, 0) is 102 Å². The fourth-order valence-corrected chi connectivity index (χ4v) is 11.9. The van der Waals surface area contributed by atoms with Crippen LogP contribution in [0.15, 0.2) is 164 Å². The van der Waals surface area contributed by atoms with Gasteiger partial charge < -0.3 is 29.7 Å². The summed E-state index contributed by atoms with van der Waals surface area (Å²) in [4.78, 5) is 80.4. The number of ether oxygens (including phenoxy) is 2. The van der Waals surface area contributed by atoms with Gasteiger partial charge in [0.15, 0.2) is 0 Å². The minimum atomic E-state index is -1.99. The molecule has 5 aliphatic rings. The van der Waals surface area contributed by atoms with Crippen molar-refractivity contribution in [3.8, 4) is 17.6 Å². The Bertz CT molecular complexity index is 3140. The number of fused-ring (bicyclic) bond motifs is 3. The third-order valence-electron chi connectivity index (χ3n) is 15.2. The molecule has 1 spiro atoms. The Labute approximate surface area is 430 Å². The van der Waals surface area contributed by atoms with E-state index < -0.39 is 65.4 Å². The van der Waals surface area contributed by atoms with Crippen molar-refractivity contribution in [3.63, 3.8) is 0 Å². The number of cyclic esters (lactones) is 1. The third-order valence-corrected chi connectivity index (χ3v) is 15.2. The number of rotatable bonds is 10. The monoisotopic (exact) mass is 987 g/mol. The number of nitrogens with one attached hydrogen (secondary N) is 1. The van der Waals surface area contributed by atoms with E-state index in [1.807, 2.05) is 138 Å². The van der Waals surface area contributed by atoms with Crippen molar-refractivity contribution in [2.75, 3.05) is 49.2 Å². The van der Waals surface area contributed by atoms with Crippen LogP contribution in [0.1, 0.15) is 90.2 Å². The predicted octanol–water partition coefficient (Wildman–Crippen LogP) is 8.18. The van der Waals surface area contributed by atoms with Gasteiger partial charge in [-0.3, -0.25) is 19.3 Å². The van der Waals surface area contributed by atoms with Crippen molar-refractivity contribution in [2.45, 2.75) is 68.3 Å². The van der Waals surface area contributed by atoms with Crippen LogP contribution in [0.2, 0.25) is 0 Å². The topological polar surface area (TPSA) is 158 Å². The van der Waals surface area contributed by atoms with Crippen molar-refractivity contribution in [1.82, 2.24) is 25.1 Å². The summed E-state index contributed by atoms with van der Waals surface area (Å²) >= 11 is 0. The van der Waals surface area contributed by atoms with Gasteiger partial charge in [0.2, 0.25) is 17.8 Å². The lowest BCUT2D eigenvalue weighted by atomic mass is 9.64. The number of imide groups is 1. The Balaban J connectivity index is 1.17. The number of aliphatic hydroxyl groups is 1. The number of allylic oxidation sites excluding steroid dienone is 2. The lowest BCUT2D eigenvalue weighted by Gasteiger charge is -2.46. The number of piperazine rings is 1. The summed E-state index contributed by atoms with van der Waals surface area (Å²) in [6.45, 7) is 2.84. The summed E-state index contributed by atoms with van der Waals surface area (Å²) in [7, 11) is 0. The highest BCUT2D eigenvalue weighted by atomic mass is 16.6. The molecule has 11 rings (SSSR count). The van der Waals surface area contributed by atoms with Gasteiger partial charge in [-0.1, -0.05) is 121 Å². The number of carbonyl (C=O) groups is 4. The molecule has 0 bridgehead atoms. The quantitative estimate of drug-likeness (QED) is 0.101. The van der Waals surface area contributed by atoms with Gasteiger partial charge in [0.1, 0.15) is 29.9 Å². The number of anilines is 2. The molecule has 1 aliphatic carbocycles. The maximum atomic E-state index is 17.0. The van der Waals surface area contributed by atoms with Crippen LogP contribution >= 0.6 is 0 Å². The number of amides is 4. The maximum absolute atomic E-state index is 17.0. The first-order valence-electron chi connectivity index (χ1n) is 25.5. The van der Waals surface area contributed by atoms with Gasteiger partial charge in [0.25, 0.3) is 0 Å². The van der Waals surface area contributed by atoms with E-state index in [0.29, 0.717) is 41.5 Å². The summed E-state index contributed by atoms with van der Waals surface area (Å²) in [6.07, 6.45) is 8.55. The van der Waals surface area contributed by atoms with Gasteiger partial charge in [-0.2, -0.15) is 0 Å². The van der Waals surface area contributed by atoms with Crippen molar-refractivity contribution < 1.29 is 33.8 Å². The van der Waals surface area contributed by atoms with Crippen molar-refractivity contribution in [2.24, 2.45) is 5.92 Å². The first kappa shape index (κ1) is 48.2. The number of urea groups is 1. The number of nitrogens with zero attached hydrogens (tertiary/aromatic N) is 6. The summed E-state index contributed by atoms with van der Waals surface area (Å²) in [5.74, 6) is 4.51. The molecule has 6 aromatic rings. The molecule has 4 amide bonds. The van der Waals surface area contributed by atoms with Crippen LogP contribution in [-0.2, 0) is 24.5 Å². The standard InChI is InChI=1S/C60H57N7O7/c1-40(43-18-8-3-9-19-43)63-59(72)66-49-29-28-42(27-26-41-16-6-2-7-17-41)38-48(49)60(57(66)71)50(55(69)64-32-34-65(35-33-64)58-61-30-15-31-62-58)52-56(70)74-53(45-22-12-5-13-23-45)51(44-20-10-4-11-21-44)67(52)54(60)46-24-14-25-47(39-46)73-37-36-68/h3-5,8-16,18-25,28-31,38-40,50-54,68H,2,6-7,17,32-37H2,1H3,(H,63,72)/t40-,50+,51+,52+,53-,54-,60+/m1/s1. The second-order valence-corrected chi connectivity index (χ2v) is 19.5. The van der Waals surface area contributed by atoms with Gasteiger partial charge in [0, 0.05) is 44.1 Å². The van der Waals surface area contributed by atoms with Crippen LogP contribution in [0.25, 0.3) is 0 Å². The number of esters is 1. The van der Waals surface area contributed by atoms with Crippen LogP contribution in [-0.4, -0.2) is 94.1 Å². The van der Waals surface area contributed by atoms with Crippen LogP contribution in [0.4, 0.5) is 16.4 Å². The highest BCUT2D eigenvalue weighted by molar-refractivity contribution is 6.24. The summed E-state index contributed by atoms with van der Waals surface area (Å²) in [5.41, 5.74) is 3.18. The lowest BCUT2D eigenvalue weighted by molar-refractivity contribution is -0.179. The molecular weight excluding hydrogens is 931 g/mol. The van der Waals surface area contributed by atoms with Crippen LogP contribution < -0.4 is 19.9 Å². The van der Waals surface area contributed by atoms with Crippen LogP contribution in [0.3, 0.4) is 0 Å². The number of aromatic nitrogens is 2. The number of morpholine rings is 1. The first-order valence-corrected chi connectivity index (χ1v) is 25.5. The molecule has 374 valence electrons. The molecule has 1 aromatic heterocycles. The van der Waals surface area contributed by atoms with E-state index in [-0.39, 0.29) is 32.0 Å². The number of aliphatic hydroxyl groups excluding tert-OH is 1. The summed E-state index contributed by atoms with van der Waals surface area (Å²) < 4.78 is 12.8. The minimum Gasteiger partial charge on any atom is -0.491 e. The summed E-state index contributed by atoms with van der Waals surface area (Å²) in [5, 5.41) is 13.0. The normalized spacial score (nSPS) is 23.7. The number of carbonyl (C=O) groups excluding carboxylic acids is 4. The molecule has 5 heterocycles. The van der Waals surface area contributed by atoms with Crippen molar-refractivity contribution in [1.29, 1.82) is 0 Å². The molecule has 0 saturated carbocycles. The molecule has 3 fully saturated rings. The van der Waals surface area contributed by atoms with E-state index in [1.54, 1.807) is 35.5 Å². The highest BCUT2D eigenvalue weighted by Gasteiger charge is 2.76. The smallest absolute Gasteiger partial charge is 0.329 e. The molecule has 4 aliphatic heterocycles. The van der Waals surface area contributed by atoms with Crippen LogP contribution in [0.5, 0.6) is 5.75 Å². The zero-order chi connectivity index (χ0) is 50.8. The van der Waals surface area contributed by atoms with E-state index in [1.165, 1.54) is 4.90 Å². The molecule has 14 nitrogen and oxygen atoms in total. The Morgan fingerprint density at radius 1 is 0.797 bits per heavy atom. The highest BCUT2D eigenvalue weighted by Crippen LogP contribution is 2.66. The lowest BCUT2D eigenvalue weighted by Crippen LogP contribution is -2.59. The van der Waals surface area contributed by atoms with Gasteiger partial charge in [-0.15, -0.1) is 0 Å². The van der Waals surface area contributed by atoms with E-state index in [0.717, 1.165) is 47.9 Å². The molecule has 74 heavy (non-hydrogen) atoms. The molecule has 14 heteroatoms. The Morgan fingerprint density at radius 2 is 1.50 bits per heavy atom. The van der Waals surface area contributed by atoms with Crippen molar-refractivity contribution >= 4 is 35.5 Å². The van der Waals surface area contributed by atoms with E-state index in [9.17, 15) is 5.11 Å². The fourth-order valence-electron chi connectivity index (χ4n) is 11.9. The van der Waals surface area contributed by atoms with E-state index >= 15 is 19.2 Å². The van der Waals surface area contributed by atoms with Gasteiger partial charge in [-0.25, -0.2) is 19.7 Å². The molecule has 3 saturated heterocycles. The third kappa shape index (κ3) is 8.75.